The Bertz CT molecular complexity index is 684. The maximum Gasteiger partial charge on any atom is 0.303 e. The summed E-state index contributed by atoms with van der Waals surface area (Å²) in [5.41, 5.74) is 0. The average Bonchev–Trinajstić information content (AvgIpc) is 3.03. The van der Waals surface area contributed by atoms with Gasteiger partial charge in [-0.25, -0.2) is 0 Å². The van der Waals surface area contributed by atoms with Gasteiger partial charge in [0.15, 0.2) is 0 Å². The number of para-hydroxylation sites is 1. The number of aliphatic carboxylic acids is 1. The van der Waals surface area contributed by atoms with Crippen molar-refractivity contribution < 1.29 is 24.9 Å². The first-order valence-corrected chi connectivity index (χ1v) is 11.6. The molecule has 1 saturated carbocycles. The Hall–Kier alpha value is -2.11. The van der Waals surface area contributed by atoms with Crippen LogP contribution in [0.5, 0.6) is 5.75 Å². The molecule has 1 aliphatic rings. The number of hydrogen-bond donors (Lipinski definition) is 3. The van der Waals surface area contributed by atoms with Gasteiger partial charge in [0, 0.05) is 24.7 Å². The SMILES string of the molecule is CCCCCC(O)/C=C/[C@@H]1[C@@H](C/C=C\CCCC(=O)O)[C@H](Oc2ccccc2)C[C@H]1O. The molecule has 0 heterocycles. The minimum atomic E-state index is -0.772. The highest BCUT2D eigenvalue weighted by atomic mass is 16.5. The van der Waals surface area contributed by atoms with Gasteiger partial charge in [-0.3, -0.25) is 4.79 Å². The van der Waals surface area contributed by atoms with Crippen molar-refractivity contribution in [2.24, 2.45) is 11.8 Å². The van der Waals surface area contributed by atoms with Crippen molar-refractivity contribution in [2.45, 2.75) is 83.0 Å². The third kappa shape index (κ3) is 9.28. The fraction of sp³-hybridized carbons (Fsp3) is 0.577. The van der Waals surface area contributed by atoms with E-state index in [0.29, 0.717) is 12.8 Å². The molecule has 172 valence electrons. The van der Waals surface area contributed by atoms with E-state index in [4.69, 9.17) is 9.84 Å². The largest absolute Gasteiger partial charge is 0.490 e. The Morgan fingerprint density at radius 3 is 2.68 bits per heavy atom. The molecule has 5 atom stereocenters. The highest BCUT2D eigenvalue weighted by Crippen LogP contribution is 2.38. The fourth-order valence-electron chi connectivity index (χ4n) is 4.19. The van der Waals surface area contributed by atoms with Crippen molar-refractivity contribution in [2.75, 3.05) is 0 Å². The van der Waals surface area contributed by atoms with Crippen LogP contribution in [0, 0.1) is 11.8 Å². The number of aliphatic hydroxyl groups excluding tert-OH is 2. The molecule has 0 radical (unpaired) electrons. The molecule has 0 saturated heterocycles. The molecule has 2 rings (SSSR count). The lowest BCUT2D eigenvalue weighted by Crippen LogP contribution is -2.24. The number of hydrogen-bond acceptors (Lipinski definition) is 4. The first-order chi connectivity index (χ1) is 15.0. The summed E-state index contributed by atoms with van der Waals surface area (Å²) in [5, 5.41) is 29.8. The zero-order valence-corrected chi connectivity index (χ0v) is 18.6. The van der Waals surface area contributed by atoms with Gasteiger partial charge in [-0.15, -0.1) is 0 Å². The van der Waals surface area contributed by atoms with E-state index >= 15 is 0 Å². The second kappa shape index (κ2) is 14.0. The standard InChI is InChI=1S/C26H38O5/c1-2-3-7-12-20(27)17-18-22-23(15-10-4-5-11-16-26(29)30)25(19-24(22)28)31-21-13-8-6-9-14-21/h4,6,8-10,13-14,17-18,20,22-25,27-28H,2-3,5,7,11-12,15-16,19H2,1H3,(H,29,30)/b10-4-,18-17+/t20?,22-,23-,24-,25-/m1/s1. The van der Waals surface area contributed by atoms with Crippen molar-refractivity contribution in [1.82, 2.24) is 0 Å². The van der Waals surface area contributed by atoms with Crippen molar-refractivity contribution in [3.63, 3.8) is 0 Å². The van der Waals surface area contributed by atoms with Crippen molar-refractivity contribution in [3.8, 4) is 5.75 Å². The summed E-state index contributed by atoms with van der Waals surface area (Å²) < 4.78 is 6.22. The summed E-state index contributed by atoms with van der Waals surface area (Å²) >= 11 is 0. The van der Waals surface area contributed by atoms with E-state index in [1.807, 2.05) is 48.6 Å². The maximum absolute atomic E-state index is 10.7. The topological polar surface area (TPSA) is 87.0 Å². The van der Waals surface area contributed by atoms with E-state index in [0.717, 1.165) is 44.3 Å². The number of carboxylic acids is 1. The number of benzene rings is 1. The molecule has 0 amide bonds. The van der Waals surface area contributed by atoms with Gasteiger partial charge in [-0.05, 0) is 37.8 Å². The molecule has 5 heteroatoms. The van der Waals surface area contributed by atoms with Gasteiger partial charge >= 0.3 is 5.97 Å². The lowest BCUT2D eigenvalue weighted by molar-refractivity contribution is -0.137. The number of carbonyl (C=O) groups is 1. The molecule has 31 heavy (non-hydrogen) atoms. The second-order valence-corrected chi connectivity index (χ2v) is 8.45. The van der Waals surface area contributed by atoms with Crippen LogP contribution in [0.25, 0.3) is 0 Å². The van der Waals surface area contributed by atoms with Gasteiger partial charge in [0.25, 0.3) is 0 Å². The Morgan fingerprint density at radius 2 is 1.97 bits per heavy atom. The molecule has 0 spiro atoms. The Balaban J connectivity index is 2.01. The minimum Gasteiger partial charge on any atom is -0.490 e. The molecule has 5 nitrogen and oxygen atoms in total. The van der Waals surface area contributed by atoms with Crippen LogP contribution in [0.3, 0.4) is 0 Å². The van der Waals surface area contributed by atoms with Crippen LogP contribution in [-0.4, -0.2) is 39.6 Å². The van der Waals surface area contributed by atoms with Crippen LogP contribution in [0.2, 0.25) is 0 Å². The van der Waals surface area contributed by atoms with Gasteiger partial charge in [0.1, 0.15) is 11.9 Å². The number of ether oxygens (including phenoxy) is 1. The Kier molecular flexibility index (Phi) is 11.4. The van der Waals surface area contributed by atoms with Gasteiger partial charge in [-0.2, -0.15) is 0 Å². The summed E-state index contributed by atoms with van der Waals surface area (Å²) in [6.45, 7) is 2.14. The Morgan fingerprint density at radius 1 is 1.19 bits per heavy atom. The van der Waals surface area contributed by atoms with Gasteiger partial charge < -0.3 is 20.1 Å². The number of allylic oxidation sites excluding steroid dienone is 2. The summed E-state index contributed by atoms with van der Waals surface area (Å²) in [4.78, 5) is 10.7. The molecule has 0 aliphatic heterocycles. The lowest BCUT2D eigenvalue weighted by atomic mass is 9.89. The Labute approximate surface area is 186 Å². The summed E-state index contributed by atoms with van der Waals surface area (Å²) in [6, 6.07) is 9.65. The molecular weight excluding hydrogens is 392 g/mol. The van der Waals surface area contributed by atoms with Crippen LogP contribution in [0.15, 0.2) is 54.6 Å². The molecule has 0 aromatic heterocycles. The third-order valence-corrected chi connectivity index (χ3v) is 5.92. The number of rotatable bonds is 14. The molecule has 0 bridgehead atoms. The predicted molar refractivity (Wildman–Crippen MR) is 123 cm³/mol. The molecule has 3 N–H and O–H groups in total. The normalized spacial score (nSPS) is 24.7. The highest BCUT2D eigenvalue weighted by Gasteiger charge is 2.42. The first kappa shape index (κ1) is 25.2. The van der Waals surface area contributed by atoms with Gasteiger partial charge in [-0.1, -0.05) is 68.7 Å². The quantitative estimate of drug-likeness (QED) is 0.281. The molecule has 1 aromatic rings. The number of aliphatic hydroxyl groups is 2. The monoisotopic (exact) mass is 430 g/mol. The van der Waals surface area contributed by atoms with E-state index in [1.165, 1.54) is 0 Å². The summed E-state index contributed by atoms with van der Waals surface area (Å²) in [6.07, 6.45) is 13.6. The smallest absolute Gasteiger partial charge is 0.303 e. The van der Waals surface area contributed by atoms with E-state index in [1.54, 1.807) is 0 Å². The van der Waals surface area contributed by atoms with Crippen LogP contribution in [0.4, 0.5) is 0 Å². The van der Waals surface area contributed by atoms with E-state index in [9.17, 15) is 15.0 Å². The minimum absolute atomic E-state index is 0.0850. The van der Waals surface area contributed by atoms with E-state index < -0.39 is 18.2 Å². The molecule has 1 unspecified atom stereocenters. The third-order valence-electron chi connectivity index (χ3n) is 5.92. The van der Waals surface area contributed by atoms with Crippen LogP contribution in [-0.2, 0) is 4.79 Å². The molecule has 1 aromatic carbocycles. The number of unbranched alkanes of at least 4 members (excludes halogenated alkanes) is 3. The lowest BCUT2D eigenvalue weighted by Gasteiger charge is -2.23. The van der Waals surface area contributed by atoms with Crippen molar-refractivity contribution in [3.05, 3.63) is 54.6 Å². The zero-order valence-electron chi connectivity index (χ0n) is 18.6. The summed E-state index contributed by atoms with van der Waals surface area (Å²) in [5.74, 6) is 0.0222. The van der Waals surface area contributed by atoms with Gasteiger partial charge in [0.05, 0.1) is 12.2 Å². The van der Waals surface area contributed by atoms with Crippen LogP contribution >= 0.6 is 0 Å². The predicted octanol–water partition coefficient (Wildman–Crippen LogP) is 5.13. The fourth-order valence-corrected chi connectivity index (χ4v) is 4.19. The second-order valence-electron chi connectivity index (χ2n) is 8.45. The van der Waals surface area contributed by atoms with Gasteiger partial charge in [0.2, 0.25) is 0 Å². The van der Waals surface area contributed by atoms with Crippen molar-refractivity contribution >= 4 is 5.97 Å². The number of carboxylic acid groups (broad SMARTS) is 1. The summed E-state index contributed by atoms with van der Waals surface area (Å²) in [7, 11) is 0. The van der Waals surface area contributed by atoms with E-state index in [-0.39, 0.29) is 24.4 Å². The first-order valence-electron chi connectivity index (χ1n) is 11.6. The molecular formula is C26H38O5. The maximum atomic E-state index is 10.7. The van der Waals surface area contributed by atoms with Crippen LogP contribution < -0.4 is 4.74 Å². The molecule has 1 fully saturated rings. The highest BCUT2D eigenvalue weighted by molar-refractivity contribution is 5.66. The van der Waals surface area contributed by atoms with E-state index in [2.05, 4.69) is 13.0 Å². The van der Waals surface area contributed by atoms with Crippen LogP contribution in [0.1, 0.15) is 64.7 Å². The molecule has 1 aliphatic carbocycles. The average molecular weight is 431 g/mol. The zero-order chi connectivity index (χ0) is 22.5. The van der Waals surface area contributed by atoms with Crippen molar-refractivity contribution in [1.29, 1.82) is 0 Å².